The van der Waals surface area contributed by atoms with Crippen LogP contribution in [0.2, 0.25) is 0 Å². The number of H-pyrrole nitrogens is 1. The number of fused-ring (bicyclic) bond motifs is 9. The van der Waals surface area contributed by atoms with Crippen LogP contribution in [-0.2, 0) is 20.6 Å². The van der Waals surface area contributed by atoms with E-state index in [2.05, 4.69) is 10.3 Å². The second-order valence-electron chi connectivity index (χ2n) is 12.3. The lowest BCUT2D eigenvalue weighted by Crippen LogP contribution is -2.42. The molecule has 4 aromatic rings. The number of thioether (sulfide) groups is 1. The molecule has 1 saturated heterocycles. The van der Waals surface area contributed by atoms with E-state index in [9.17, 15) is 32.3 Å². The summed E-state index contributed by atoms with van der Waals surface area (Å²) in [5, 5.41) is 3.05. The van der Waals surface area contributed by atoms with Gasteiger partial charge in [-0.15, -0.1) is 11.8 Å². The van der Waals surface area contributed by atoms with Gasteiger partial charge in [-0.25, -0.2) is 0 Å². The van der Waals surface area contributed by atoms with Crippen LogP contribution in [-0.4, -0.2) is 34.6 Å². The van der Waals surface area contributed by atoms with Crippen molar-refractivity contribution in [3.05, 3.63) is 105 Å². The maximum Gasteiger partial charge on any atom is 0.418 e. The Morgan fingerprint density at radius 3 is 2.43 bits per heavy atom. The van der Waals surface area contributed by atoms with Crippen LogP contribution in [0.15, 0.2) is 88.7 Å². The van der Waals surface area contributed by atoms with E-state index in [4.69, 9.17) is 4.74 Å². The van der Waals surface area contributed by atoms with E-state index in [0.717, 1.165) is 39.3 Å². The number of hydrogen-bond acceptors (Lipinski definition) is 7. The molecule has 0 radical (unpaired) electrons. The molecule has 7 atom stereocenters. The maximum absolute atomic E-state index is 13.9. The number of ether oxygens (including phenoxy) is 1. The summed E-state index contributed by atoms with van der Waals surface area (Å²) in [6.45, 7) is -0.522. The number of para-hydroxylation sites is 2. The van der Waals surface area contributed by atoms with Crippen LogP contribution in [0.4, 0.5) is 24.5 Å². The Morgan fingerprint density at radius 2 is 1.66 bits per heavy atom. The average Bonchev–Trinajstić information content (AvgIpc) is 3.79. The summed E-state index contributed by atoms with van der Waals surface area (Å²) >= 11 is 2.72. The van der Waals surface area contributed by atoms with Gasteiger partial charge in [-0.1, -0.05) is 53.8 Å². The second-order valence-corrected chi connectivity index (χ2v) is 14.5. The third-order valence-corrected chi connectivity index (χ3v) is 12.4. The van der Waals surface area contributed by atoms with Crippen molar-refractivity contribution in [1.82, 2.24) is 4.98 Å². The van der Waals surface area contributed by atoms with Gasteiger partial charge in [-0.05, 0) is 66.1 Å². The van der Waals surface area contributed by atoms with Crippen LogP contribution in [0.3, 0.4) is 0 Å². The van der Waals surface area contributed by atoms with Crippen molar-refractivity contribution < 1.29 is 32.3 Å². The van der Waals surface area contributed by atoms with E-state index in [-0.39, 0.29) is 51.3 Å². The highest BCUT2D eigenvalue weighted by molar-refractivity contribution is 8.00. The first-order chi connectivity index (χ1) is 22.6. The molecule has 2 N–H and O–H groups in total. The van der Waals surface area contributed by atoms with Crippen LogP contribution in [0.1, 0.15) is 28.3 Å². The Morgan fingerprint density at radius 1 is 0.936 bits per heavy atom. The number of carbonyl (C=O) groups excluding carboxylic acids is 3. The van der Waals surface area contributed by atoms with Crippen LogP contribution >= 0.6 is 23.1 Å². The third kappa shape index (κ3) is 4.89. The fourth-order valence-corrected chi connectivity index (χ4v) is 11.1. The minimum atomic E-state index is -4.63. The standard InChI is InChI=1S/C34H26F3N3O5S2/c35-34(36,37)21-11-4-5-12-22(21)38-23(41)15-45-18-10-6-7-16(13-18)24-25-19-14-20(28(25)46-30-29(24)47-33(44)39-30)27-26(19)31(42)40(32(27)43)17-8-2-1-3-9-17/h1-13,19-20,24-28H,14-15H2,(H,38,41)(H,39,44)/t19-,20-,24+,25-,26+,27+,28-/m1/s1. The molecule has 8 rings (SSSR count). The van der Waals surface area contributed by atoms with Gasteiger partial charge in [-0.3, -0.25) is 24.1 Å². The van der Waals surface area contributed by atoms with Crippen LogP contribution < -0.4 is 19.8 Å². The van der Waals surface area contributed by atoms with Gasteiger partial charge in [0.05, 0.1) is 33.8 Å². The number of imide groups is 1. The summed E-state index contributed by atoms with van der Waals surface area (Å²) in [6.07, 6.45) is -3.89. The first-order valence-electron chi connectivity index (χ1n) is 15.1. The molecule has 2 aliphatic heterocycles. The molecule has 2 bridgehead atoms. The van der Waals surface area contributed by atoms with Gasteiger partial charge >= 0.3 is 11.0 Å². The van der Waals surface area contributed by atoms with Crippen LogP contribution in [0.5, 0.6) is 5.75 Å². The smallest absolute Gasteiger partial charge is 0.418 e. The molecule has 3 heterocycles. The Bertz CT molecular complexity index is 1980. The number of anilines is 2. The van der Waals surface area contributed by atoms with E-state index in [1.54, 1.807) is 54.2 Å². The molecule has 47 heavy (non-hydrogen) atoms. The number of alkyl halides is 3. The highest BCUT2D eigenvalue weighted by Crippen LogP contribution is 2.68. The fraction of sp³-hybridized carbons (Fsp3) is 0.294. The Hall–Kier alpha value is -4.36. The third-order valence-electron chi connectivity index (χ3n) is 9.83. The number of aromatic amines is 1. The van der Waals surface area contributed by atoms with Gasteiger partial charge in [0, 0.05) is 16.0 Å². The molecule has 13 heteroatoms. The number of halogens is 3. The van der Waals surface area contributed by atoms with E-state index in [1.165, 1.54) is 23.1 Å². The highest BCUT2D eigenvalue weighted by Gasteiger charge is 2.69. The monoisotopic (exact) mass is 677 g/mol. The summed E-state index contributed by atoms with van der Waals surface area (Å²) in [6, 6.07) is 20.8. The van der Waals surface area contributed by atoms with E-state index < -0.39 is 36.1 Å². The van der Waals surface area contributed by atoms with Crippen molar-refractivity contribution in [1.29, 1.82) is 0 Å². The zero-order valence-electron chi connectivity index (χ0n) is 24.4. The van der Waals surface area contributed by atoms with Gasteiger partial charge in [0.1, 0.15) is 5.75 Å². The largest absolute Gasteiger partial charge is 0.484 e. The average molecular weight is 678 g/mol. The zero-order chi connectivity index (χ0) is 32.6. The van der Waals surface area contributed by atoms with Gasteiger partial charge in [-0.2, -0.15) is 13.2 Å². The van der Waals surface area contributed by atoms with Crippen molar-refractivity contribution >= 4 is 52.2 Å². The Labute approximate surface area is 274 Å². The topological polar surface area (TPSA) is 109 Å². The minimum absolute atomic E-state index is 0.000488. The molecule has 3 amide bonds. The van der Waals surface area contributed by atoms with E-state index in [1.807, 2.05) is 12.1 Å². The molecule has 0 unspecified atom stereocenters. The molecule has 2 saturated carbocycles. The second kappa shape index (κ2) is 11.1. The number of amides is 3. The SMILES string of the molecule is O=C(COc1cccc([C@@H]2c3sc(=O)[nH]c3S[C@@H]3[C@@H]4C[C@@H]([C@@H]5C(=O)N(c6ccccc6)C(=O)[C@@H]45)[C@H]23)c1)Nc1ccccc1C(F)(F)F. The molecule has 1 aromatic heterocycles. The first kappa shape index (κ1) is 30.0. The quantitative estimate of drug-likeness (QED) is 0.237. The molecular formula is C34H26F3N3O5S2. The number of rotatable bonds is 6. The molecule has 8 nitrogen and oxygen atoms in total. The van der Waals surface area contributed by atoms with Crippen molar-refractivity contribution in [2.24, 2.45) is 29.6 Å². The van der Waals surface area contributed by atoms with Gasteiger partial charge in [0.2, 0.25) is 11.8 Å². The lowest BCUT2D eigenvalue weighted by atomic mass is 9.68. The maximum atomic E-state index is 13.9. The first-order valence-corrected chi connectivity index (χ1v) is 16.8. The Kier molecular flexibility index (Phi) is 7.10. The zero-order valence-corrected chi connectivity index (χ0v) is 26.0. The molecule has 240 valence electrons. The van der Waals surface area contributed by atoms with Crippen molar-refractivity contribution in [3.8, 4) is 5.75 Å². The summed E-state index contributed by atoms with van der Waals surface area (Å²) in [4.78, 5) is 57.9. The van der Waals surface area contributed by atoms with Gasteiger partial charge in [0.25, 0.3) is 5.91 Å². The molecular weight excluding hydrogens is 652 g/mol. The predicted octanol–water partition coefficient (Wildman–Crippen LogP) is 6.15. The van der Waals surface area contributed by atoms with Crippen molar-refractivity contribution in [2.75, 3.05) is 16.8 Å². The van der Waals surface area contributed by atoms with Gasteiger partial charge < -0.3 is 15.0 Å². The summed E-state index contributed by atoms with van der Waals surface area (Å²) in [7, 11) is 0. The number of aromatic nitrogens is 1. The Balaban J connectivity index is 1.07. The number of nitrogens with one attached hydrogen (secondary N) is 2. The predicted molar refractivity (Wildman–Crippen MR) is 169 cm³/mol. The molecule has 0 spiro atoms. The van der Waals surface area contributed by atoms with Gasteiger partial charge in [0.15, 0.2) is 6.61 Å². The summed E-state index contributed by atoms with van der Waals surface area (Å²) in [5.41, 5.74) is 0.0905. The van der Waals surface area contributed by atoms with E-state index >= 15 is 0 Å². The summed E-state index contributed by atoms with van der Waals surface area (Å²) < 4.78 is 45.9. The molecule has 3 fully saturated rings. The normalized spacial score (nSPS) is 27.4. The lowest BCUT2D eigenvalue weighted by molar-refractivity contribution is -0.137. The fourth-order valence-electron chi connectivity index (χ4n) is 8.19. The number of nitrogens with zero attached hydrogens (tertiary/aromatic N) is 1. The number of thiazole rings is 1. The minimum Gasteiger partial charge on any atom is -0.484 e. The molecule has 4 aliphatic rings. The number of hydrogen-bond donors (Lipinski definition) is 2. The van der Waals surface area contributed by atoms with E-state index in [0.29, 0.717) is 11.4 Å². The number of benzene rings is 3. The van der Waals surface area contributed by atoms with Crippen molar-refractivity contribution in [3.63, 3.8) is 0 Å². The molecule has 3 aromatic carbocycles. The van der Waals surface area contributed by atoms with Crippen molar-refractivity contribution in [2.45, 2.75) is 28.8 Å². The van der Waals surface area contributed by atoms with Crippen LogP contribution in [0.25, 0.3) is 0 Å². The number of carbonyl (C=O) groups is 3. The molecule has 2 aliphatic carbocycles. The summed E-state index contributed by atoms with van der Waals surface area (Å²) in [5.74, 6) is -2.02. The lowest BCUT2D eigenvalue weighted by Gasteiger charge is -2.43. The van der Waals surface area contributed by atoms with Crippen LogP contribution in [0, 0.1) is 29.6 Å². The highest BCUT2D eigenvalue weighted by atomic mass is 32.2.